The van der Waals surface area contributed by atoms with Gasteiger partial charge in [-0.1, -0.05) is 11.6 Å². The second-order valence-electron chi connectivity index (χ2n) is 4.86. The van der Waals surface area contributed by atoms with Crippen LogP contribution in [-0.2, 0) is 0 Å². The summed E-state index contributed by atoms with van der Waals surface area (Å²) in [5, 5.41) is 4.03. The van der Waals surface area contributed by atoms with Crippen LogP contribution in [0, 0.1) is 5.92 Å². The van der Waals surface area contributed by atoms with Crippen molar-refractivity contribution in [1.82, 2.24) is 5.32 Å². The van der Waals surface area contributed by atoms with Gasteiger partial charge in [0, 0.05) is 17.6 Å². The molecule has 2 unspecified atom stereocenters. The van der Waals surface area contributed by atoms with Gasteiger partial charge in [0.2, 0.25) is 0 Å². The SMILES string of the molecule is CNCC1CCN(c2cc(Cl)ccc2OC)C1C. The van der Waals surface area contributed by atoms with E-state index in [1.165, 1.54) is 6.42 Å². The number of hydrogen-bond donors (Lipinski definition) is 1. The van der Waals surface area contributed by atoms with Crippen molar-refractivity contribution in [3.8, 4) is 5.75 Å². The van der Waals surface area contributed by atoms with Crippen LogP contribution in [0.5, 0.6) is 5.75 Å². The summed E-state index contributed by atoms with van der Waals surface area (Å²) >= 11 is 6.10. The third-order valence-electron chi connectivity index (χ3n) is 3.83. The average molecular weight is 269 g/mol. The summed E-state index contributed by atoms with van der Waals surface area (Å²) < 4.78 is 5.44. The van der Waals surface area contributed by atoms with E-state index in [0.29, 0.717) is 12.0 Å². The lowest BCUT2D eigenvalue weighted by Crippen LogP contribution is -2.33. The van der Waals surface area contributed by atoms with E-state index in [1.54, 1.807) is 7.11 Å². The highest BCUT2D eigenvalue weighted by atomic mass is 35.5. The zero-order valence-corrected chi connectivity index (χ0v) is 12.0. The third kappa shape index (κ3) is 2.57. The number of ether oxygens (including phenoxy) is 1. The number of methoxy groups -OCH3 is 1. The molecule has 1 heterocycles. The Morgan fingerprint density at radius 1 is 1.50 bits per heavy atom. The van der Waals surface area contributed by atoms with E-state index in [4.69, 9.17) is 16.3 Å². The molecule has 1 aliphatic heterocycles. The largest absolute Gasteiger partial charge is 0.495 e. The highest BCUT2D eigenvalue weighted by Crippen LogP contribution is 2.37. The van der Waals surface area contributed by atoms with E-state index in [-0.39, 0.29) is 0 Å². The van der Waals surface area contributed by atoms with Crippen LogP contribution in [0.15, 0.2) is 18.2 Å². The third-order valence-corrected chi connectivity index (χ3v) is 4.07. The maximum absolute atomic E-state index is 6.10. The summed E-state index contributed by atoms with van der Waals surface area (Å²) in [6, 6.07) is 6.31. The average Bonchev–Trinajstić information content (AvgIpc) is 2.72. The zero-order chi connectivity index (χ0) is 13.1. The number of hydrogen-bond acceptors (Lipinski definition) is 3. The van der Waals surface area contributed by atoms with Gasteiger partial charge in [-0.2, -0.15) is 0 Å². The van der Waals surface area contributed by atoms with Crippen molar-refractivity contribution in [3.05, 3.63) is 23.2 Å². The number of halogens is 1. The molecular formula is C14H21ClN2O. The smallest absolute Gasteiger partial charge is 0.142 e. The van der Waals surface area contributed by atoms with Crippen LogP contribution in [-0.4, -0.2) is 33.3 Å². The van der Waals surface area contributed by atoms with E-state index in [1.807, 2.05) is 25.2 Å². The van der Waals surface area contributed by atoms with Gasteiger partial charge < -0.3 is 15.0 Å². The lowest BCUT2D eigenvalue weighted by atomic mass is 10.0. The van der Waals surface area contributed by atoms with Crippen molar-refractivity contribution in [1.29, 1.82) is 0 Å². The fraction of sp³-hybridized carbons (Fsp3) is 0.571. The minimum absolute atomic E-state index is 0.504. The summed E-state index contributed by atoms with van der Waals surface area (Å²) in [7, 11) is 3.72. The Bertz CT molecular complexity index is 411. The lowest BCUT2D eigenvalue weighted by molar-refractivity contribution is 0.412. The van der Waals surface area contributed by atoms with E-state index >= 15 is 0 Å². The van der Waals surface area contributed by atoms with Crippen molar-refractivity contribution in [2.24, 2.45) is 5.92 Å². The molecule has 1 aliphatic rings. The Labute approximate surface area is 114 Å². The Balaban J connectivity index is 2.24. The molecule has 1 aromatic rings. The first-order valence-corrected chi connectivity index (χ1v) is 6.80. The van der Waals surface area contributed by atoms with Gasteiger partial charge >= 0.3 is 0 Å². The molecule has 1 saturated heterocycles. The Morgan fingerprint density at radius 2 is 2.28 bits per heavy atom. The van der Waals surface area contributed by atoms with Crippen LogP contribution in [0.3, 0.4) is 0 Å². The quantitative estimate of drug-likeness (QED) is 0.909. The molecule has 3 nitrogen and oxygen atoms in total. The summed E-state index contributed by atoms with van der Waals surface area (Å²) in [5.74, 6) is 1.58. The number of nitrogens with zero attached hydrogens (tertiary/aromatic N) is 1. The van der Waals surface area contributed by atoms with E-state index < -0.39 is 0 Å². The van der Waals surface area contributed by atoms with Crippen LogP contribution in [0.25, 0.3) is 0 Å². The first-order chi connectivity index (χ1) is 8.67. The Hall–Kier alpha value is -0.930. The van der Waals surface area contributed by atoms with Gasteiger partial charge in [-0.15, -0.1) is 0 Å². The van der Waals surface area contributed by atoms with Crippen LogP contribution in [0.2, 0.25) is 5.02 Å². The molecule has 0 aliphatic carbocycles. The molecule has 2 rings (SSSR count). The second-order valence-corrected chi connectivity index (χ2v) is 5.29. The van der Waals surface area contributed by atoms with E-state index in [0.717, 1.165) is 29.5 Å². The maximum atomic E-state index is 6.10. The highest BCUT2D eigenvalue weighted by molar-refractivity contribution is 6.30. The van der Waals surface area contributed by atoms with Gasteiger partial charge in [0.1, 0.15) is 5.75 Å². The second kappa shape index (κ2) is 5.81. The summed E-state index contributed by atoms with van der Waals surface area (Å²) in [6.45, 7) is 4.39. The molecule has 1 fully saturated rings. The molecule has 1 N–H and O–H groups in total. The number of anilines is 1. The van der Waals surface area contributed by atoms with Crippen molar-refractivity contribution < 1.29 is 4.74 Å². The van der Waals surface area contributed by atoms with Crippen molar-refractivity contribution in [2.45, 2.75) is 19.4 Å². The van der Waals surface area contributed by atoms with Gasteiger partial charge in [0.25, 0.3) is 0 Å². The topological polar surface area (TPSA) is 24.5 Å². The van der Waals surface area contributed by atoms with Gasteiger partial charge in [-0.05, 0) is 51.1 Å². The fourth-order valence-electron chi connectivity index (χ4n) is 2.77. The molecule has 0 bridgehead atoms. The highest BCUT2D eigenvalue weighted by Gasteiger charge is 2.31. The van der Waals surface area contributed by atoms with Gasteiger partial charge in [0.05, 0.1) is 12.8 Å². The molecular weight excluding hydrogens is 248 g/mol. The molecule has 0 aromatic heterocycles. The maximum Gasteiger partial charge on any atom is 0.142 e. The molecule has 2 atom stereocenters. The van der Waals surface area contributed by atoms with Crippen LogP contribution < -0.4 is 15.0 Å². The monoisotopic (exact) mass is 268 g/mol. The normalized spacial score (nSPS) is 23.4. The van der Waals surface area contributed by atoms with Crippen LogP contribution in [0.4, 0.5) is 5.69 Å². The zero-order valence-electron chi connectivity index (χ0n) is 11.2. The van der Waals surface area contributed by atoms with Gasteiger partial charge in [0.15, 0.2) is 0 Å². The van der Waals surface area contributed by atoms with Crippen molar-refractivity contribution >= 4 is 17.3 Å². The first kappa shape index (κ1) is 13.5. The Morgan fingerprint density at radius 3 is 2.94 bits per heavy atom. The Kier molecular flexibility index (Phi) is 4.36. The molecule has 0 saturated carbocycles. The number of rotatable bonds is 4. The van der Waals surface area contributed by atoms with Crippen LogP contribution >= 0.6 is 11.6 Å². The first-order valence-electron chi connectivity index (χ1n) is 6.42. The fourth-order valence-corrected chi connectivity index (χ4v) is 2.93. The van der Waals surface area contributed by atoms with Crippen LogP contribution in [0.1, 0.15) is 13.3 Å². The van der Waals surface area contributed by atoms with Gasteiger partial charge in [-0.3, -0.25) is 0 Å². The van der Waals surface area contributed by atoms with Crippen molar-refractivity contribution in [2.75, 3.05) is 32.1 Å². The number of benzene rings is 1. The minimum Gasteiger partial charge on any atom is -0.495 e. The van der Waals surface area contributed by atoms with Gasteiger partial charge in [-0.25, -0.2) is 0 Å². The molecule has 0 radical (unpaired) electrons. The predicted octanol–water partition coefficient (Wildman–Crippen LogP) is 2.78. The molecule has 0 amide bonds. The van der Waals surface area contributed by atoms with E-state index in [2.05, 4.69) is 17.1 Å². The van der Waals surface area contributed by atoms with Crippen molar-refractivity contribution in [3.63, 3.8) is 0 Å². The summed E-state index contributed by atoms with van der Waals surface area (Å²) in [5.41, 5.74) is 1.11. The standard InChI is InChI=1S/C14H21ClN2O/c1-10-11(9-16-2)6-7-17(10)13-8-12(15)4-5-14(13)18-3/h4-5,8,10-11,16H,6-7,9H2,1-3H3. The molecule has 1 aromatic carbocycles. The summed E-state index contributed by atoms with van der Waals surface area (Å²) in [6.07, 6.45) is 1.21. The molecule has 100 valence electrons. The summed E-state index contributed by atoms with van der Waals surface area (Å²) in [4.78, 5) is 2.40. The minimum atomic E-state index is 0.504. The molecule has 0 spiro atoms. The number of nitrogens with one attached hydrogen (secondary N) is 1. The predicted molar refractivity (Wildman–Crippen MR) is 76.8 cm³/mol. The molecule has 4 heteroatoms. The molecule has 18 heavy (non-hydrogen) atoms. The van der Waals surface area contributed by atoms with E-state index in [9.17, 15) is 0 Å². The lowest BCUT2D eigenvalue weighted by Gasteiger charge is -2.28.